The van der Waals surface area contributed by atoms with Gasteiger partial charge in [0.1, 0.15) is 4.90 Å². The monoisotopic (exact) mass is 411 g/mol. The fourth-order valence-corrected chi connectivity index (χ4v) is 3.57. The summed E-state index contributed by atoms with van der Waals surface area (Å²) < 4.78 is 33.4. The Bertz CT molecular complexity index is 1110. The Morgan fingerprint density at radius 2 is 1.76 bits per heavy atom. The molecule has 0 aliphatic rings. The average Bonchev–Trinajstić information content (AvgIpc) is 2.69. The summed E-state index contributed by atoms with van der Waals surface area (Å²) in [6, 6.07) is 13.1. The number of hydrogen-bond acceptors (Lipinski definition) is 6. The lowest BCUT2D eigenvalue weighted by molar-refractivity contribution is 0.103. The number of hydrogen-bond donors (Lipinski definition) is 1. The van der Waals surface area contributed by atoms with Crippen molar-refractivity contribution < 1.29 is 17.9 Å². The van der Waals surface area contributed by atoms with E-state index in [1.54, 1.807) is 43.3 Å². The smallest absolute Gasteiger partial charge is 0.264 e. The predicted octanol–water partition coefficient (Wildman–Crippen LogP) is 3.60. The Hall–Kier alpha value is -3.26. The molecule has 29 heavy (non-hydrogen) atoms. The molecule has 1 N–H and O–H groups in total. The number of aromatic nitrogens is 2. The molecule has 2 aromatic heterocycles. The van der Waals surface area contributed by atoms with Crippen LogP contribution in [-0.4, -0.2) is 30.3 Å². The van der Waals surface area contributed by atoms with Crippen molar-refractivity contribution in [1.29, 1.82) is 0 Å². The first kappa shape index (κ1) is 20.5. The number of nitrogens with one attached hydrogen (secondary N) is 1. The maximum atomic E-state index is 12.9. The molecule has 0 atom stereocenters. The Kier molecular flexibility index (Phi) is 5.93. The summed E-state index contributed by atoms with van der Waals surface area (Å²) in [4.78, 5) is 21.0. The van der Waals surface area contributed by atoms with Crippen LogP contribution in [0.2, 0.25) is 0 Å². The Morgan fingerprint density at radius 1 is 1.03 bits per heavy atom. The normalized spacial score (nSPS) is 11.3. The van der Waals surface area contributed by atoms with Gasteiger partial charge in [0.05, 0.1) is 17.9 Å². The quantitative estimate of drug-likeness (QED) is 0.597. The average molecular weight is 411 g/mol. The Balaban J connectivity index is 1.92. The van der Waals surface area contributed by atoms with Crippen LogP contribution < -0.4 is 9.46 Å². The Labute approximate surface area is 169 Å². The number of aryl methyl sites for hydroxylation is 1. The van der Waals surface area contributed by atoms with E-state index in [1.807, 2.05) is 13.8 Å². The van der Waals surface area contributed by atoms with Gasteiger partial charge in [-0.05, 0) is 38.5 Å². The summed E-state index contributed by atoms with van der Waals surface area (Å²) >= 11 is 0. The van der Waals surface area contributed by atoms with Gasteiger partial charge in [-0.15, -0.1) is 0 Å². The molecule has 150 valence electrons. The van der Waals surface area contributed by atoms with Crippen LogP contribution in [0, 0.1) is 6.92 Å². The first-order valence-electron chi connectivity index (χ1n) is 8.98. The van der Waals surface area contributed by atoms with E-state index in [9.17, 15) is 13.2 Å². The van der Waals surface area contributed by atoms with Gasteiger partial charge in [-0.1, -0.05) is 30.3 Å². The molecule has 8 heteroatoms. The molecule has 0 aliphatic heterocycles. The van der Waals surface area contributed by atoms with Gasteiger partial charge in [-0.3, -0.25) is 9.52 Å². The van der Waals surface area contributed by atoms with Gasteiger partial charge in [-0.2, -0.15) is 0 Å². The van der Waals surface area contributed by atoms with Crippen LogP contribution in [0.5, 0.6) is 5.88 Å². The van der Waals surface area contributed by atoms with Crippen LogP contribution in [0.1, 0.15) is 35.3 Å². The lowest BCUT2D eigenvalue weighted by atomic mass is 10.0. The lowest BCUT2D eigenvalue weighted by Crippen LogP contribution is -2.18. The molecule has 0 spiro atoms. The number of anilines is 1. The summed E-state index contributed by atoms with van der Waals surface area (Å²) in [7, 11) is -3.99. The standard InChI is InChI=1S/C21H21N3O4S/c1-14(2)28-19-10-9-17(13-22-19)29(26,27)24-21-18(11-15(3)12-23-21)20(25)16-7-5-4-6-8-16/h4-14H,1-3H3,(H,23,24). The minimum atomic E-state index is -3.99. The summed E-state index contributed by atoms with van der Waals surface area (Å²) in [6.45, 7) is 5.48. The molecule has 3 rings (SSSR count). The topological polar surface area (TPSA) is 98.2 Å². The summed E-state index contributed by atoms with van der Waals surface area (Å²) in [5, 5.41) is 0. The van der Waals surface area contributed by atoms with E-state index in [2.05, 4.69) is 14.7 Å². The van der Waals surface area contributed by atoms with Crippen molar-refractivity contribution in [2.45, 2.75) is 31.8 Å². The predicted molar refractivity (Wildman–Crippen MR) is 110 cm³/mol. The number of carbonyl (C=O) groups excluding carboxylic acids is 1. The molecule has 1 aromatic carbocycles. The van der Waals surface area contributed by atoms with E-state index in [0.29, 0.717) is 11.4 Å². The zero-order chi connectivity index (χ0) is 21.0. The summed E-state index contributed by atoms with van der Waals surface area (Å²) in [5.74, 6) is -0.0300. The van der Waals surface area contributed by atoms with E-state index in [4.69, 9.17) is 4.74 Å². The number of ether oxygens (including phenoxy) is 1. The van der Waals surface area contributed by atoms with Gasteiger partial charge in [0.25, 0.3) is 10.0 Å². The maximum absolute atomic E-state index is 12.9. The number of carbonyl (C=O) groups is 1. The zero-order valence-electron chi connectivity index (χ0n) is 16.3. The maximum Gasteiger partial charge on any atom is 0.264 e. The van der Waals surface area contributed by atoms with E-state index in [0.717, 1.165) is 5.56 Å². The van der Waals surface area contributed by atoms with Crippen molar-refractivity contribution in [2.24, 2.45) is 0 Å². The SMILES string of the molecule is Cc1cnc(NS(=O)(=O)c2ccc(OC(C)C)nc2)c(C(=O)c2ccccc2)c1. The molecular formula is C21H21N3O4S. The minimum absolute atomic E-state index is 0.0352. The van der Waals surface area contributed by atoms with Crippen LogP contribution in [0.25, 0.3) is 0 Å². The van der Waals surface area contributed by atoms with Crippen molar-refractivity contribution in [3.8, 4) is 5.88 Å². The summed E-state index contributed by atoms with van der Waals surface area (Å²) in [5.41, 5.74) is 1.36. The first-order valence-corrected chi connectivity index (χ1v) is 10.5. The molecule has 0 radical (unpaired) electrons. The molecule has 0 fully saturated rings. The fourth-order valence-electron chi connectivity index (χ4n) is 2.59. The van der Waals surface area contributed by atoms with Crippen LogP contribution >= 0.6 is 0 Å². The van der Waals surface area contributed by atoms with Gasteiger partial charge in [-0.25, -0.2) is 18.4 Å². The highest BCUT2D eigenvalue weighted by molar-refractivity contribution is 7.92. The molecule has 3 aromatic rings. The molecule has 0 bridgehead atoms. The molecule has 0 saturated heterocycles. The summed E-state index contributed by atoms with van der Waals surface area (Å²) in [6.07, 6.45) is 2.62. The van der Waals surface area contributed by atoms with Gasteiger partial charge in [0.2, 0.25) is 5.88 Å². The second-order valence-electron chi connectivity index (χ2n) is 6.71. The van der Waals surface area contributed by atoms with Crippen molar-refractivity contribution in [1.82, 2.24) is 9.97 Å². The third-order valence-corrected chi connectivity index (χ3v) is 5.24. The zero-order valence-corrected chi connectivity index (χ0v) is 17.1. The van der Waals surface area contributed by atoms with Gasteiger partial charge < -0.3 is 4.74 Å². The first-order chi connectivity index (χ1) is 13.8. The van der Waals surface area contributed by atoms with E-state index >= 15 is 0 Å². The van der Waals surface area contributed by atoms with Gasteiger partial charge in [0.15, 0.2) is 11.6 Å². The highest BCUT2D eigenvalue weighted by atomic mass is 32.2. The molecule has 0 saturated carbocycles. The molecule has 0 unspecified atom stereocenters. The largest absolute Gasteiger partial charge is 0.475 e. The van der Waals surface area contributed by atoms with E-state index in [-0.39, 0.29) is 28.2 Å². The molecule has 0 aliphatic carbocycles. The van der Waals surface area contributed by atoms with Crippen LogP contribution in [0.15, 0.2) is 65.8 Å². The number of ketones is 1. The number of sulfonamides is 1. The van der Waals surface area contributed by atoms with Crippen LogP contribution in [0.3, 0.4) is 0 Å². The van der Waals surface area contributed by atoms with Crippen molar-refractivity contribution in [2.75, 3.05) is 4.72 Å². The number of nitrogens with zero attached hydrogens (tertiary/aromatic N) is 2. The van der Waals surface area contributed by atoms with Crippen molar-refractivity contribution >= 4 is 21.6 Å². The van der Waals surface area contributed by atoms with Gasteiger partial charge >= 0.3 is 0 Å². The highest BCUT2D eigenvalue weighted by Gasteiger charge is 2.21. The fraction of sp³-hybridized carbons (Fsp3) is 0.190. The van der Waals surface area contributed by atoms with Crippen LogP contribution in [0.4, 0.5) is 5.82 Å². The second-order valence-corrected chi connectivity index (χ2v) is 8.39. The highest BCUT2D eigenvalue weighted by Crippen LogP contribution is 2.22. The van der Waals surface area contributed by atoms with Crippen molar-refractivity contribution in [3.05, 3.63) is 77.6 Å². The van der Waals surface area contributed by atoms with Gasteiger partial charge in [0, 0.05) is 17.8 Å². The molecule has 2 heterocycles. The second kappa shape index (κ2) is 8.40. The number of rotatable bonds is 7. The third-order valence-electron chi connectivity index (χ3n) is 3.91. The molecule has 0 amide bonds. The third kappa shape index (κ3) is 4.97. The van der Waals surface area contributed by atoms with Crippen LogP contribution in [-0.2, 0) is 10.0 Å². The number of benzene rings is 1. The Morgan fingerprint density at radius 3 is 2.38 bits per heavy atom. The lowest BCUT2D eigenvalue weighted by Gasteiger charge is -2.13. The molecule has 7 nitrogen and oxygen atoms in total. The van der Waals surface area contributed by atoms with Crippen molar-refractivity contribution in [3.63, 3.8) is 0 Å². The molecular weight excluding hydrogens is 390 g/mol. The van der Waals surface area contributed by atoms with E-state index < -0.39 is 10.0 Å². The number of pyridine rings is 2. The van der Waals surface area contributed by atoms with E-state index in [1.165, 1.54) is 24.5 Å². The minimum Gasteiger partial charge on any atom is -0.475 e.